The highest BCUT2D eigenvalue weighted by atomic mass is 35.5. The molecule has 0 aromatic heterocycles. The molecule has 3 nitrogen and oxygen atoms in total. The second-order valence-corrected chi connectivity index (χ2v) is 4.38. The van der Waals surface area contributed by atoms with Crippen LogP contribution in [0.25, 0.3) is 0 Å². The molecule has 1 saturated heterocycles. The molecule has 0 spiro atoms. The van der Waals surface area contributed by atoms with Crippen LogP contribution in [-0.4, -0.2) is 26.2 Å². The van der Waals surface area contributed by atoms with Crippen molar-refractivity contribution in [2.24, 2.45) is 5.92 Å². The molecular formula is C12H15Cl2NO2. The molecule has 0 radical (unpaired) electrons. The normalized spacial score (nSPS) is 22.9. The van der Waals surface area contributed by atoms with E-state index in [0.717, 1.165) is 12.1 Å². The van der Waals surface area contributed by atoms with Gasteiger partial charge in [0, 0.05) is 24.0 Å². The molecule has 1 aromatic carbocycles. The topological polar surface area (TPSA) is 38.3 Å². The van der Waals surface area contributed by atoms with Gasteiger partial charge in [0.15, 0.2) is 0 Å². The van der Waals surface area contributed by atoms with Crippen molar-refractivity contribution < 1.29 is 9.53 Å². The first-order chi connectivity index (χ1) is 7.72. The van der Waals surface area contributed by atoms with Crippen LogP contribution < -0.4 is 5.32 Å². The van der Waals surface area contributed by atoms with Crippen LogP contribution in [0.5, 0.6) is 0 Å². The van der Waals surface area contributed by atoms with Crippen LogP contribution in [-0.2, 0) is 9.53 Å². The van der Waals surface area contributed by atoms with Gasteiger partial charge in [-0.1, -0.05) is 23.7 Å². The summed E-state index contributed by atoms with van der Waals surface area (Å²) in [6.45, 7) is 1.49. The van der Waals surface area contributed by atoms with Gasteiger partial charge in [0.2, 0.25) is 0 Å². The first kappa shape index (κ1) is 14.3. The minimum Gasteiger partial charge on any atom is -0.469 e. The van der Waals surface area contributed by atoms with E-state index in [1.807, 2.05) is 24.3 Å². The maximum absolute atomic E-state index is 11.6. The number of hydrogen-bond donors (Lipinski definition) is 1. The Morgan fingerprint density at radius 1 is 1.35 bits per heavy atom. The summed E-state index contributed by atoms with van der Waals surface area (Å²) in [7, 11) is 1.43. The molecule has 94 valence electrons. The molecule has 1 aliphatic rings. The summed E-state index contributed by atoms with van der Waals surface area (Å²) in [6.07, 6.45) is 0. The van der Waals surface area contributed by atoms with Crippen molar-refractivity contribution in [3.05, 3.63) is 34.9 Å². The molecule has 0 aliphatic carbocycles. The fourth-order valence-corrected chi connectivity index (χ4v) is 2.26. The lowest BCUT2D eigenvalue weighted by molar-refractivity contribution is -0.145. The number of nitrogens with one attached hydrogen (secondary N) is 1. The Morgan fingerprint density at radius 3 is 2.59 bits per heavy atom. The maximum Gasteiger partial charge on any atom is 0.310 e. The van der Waals surface area contributed by atoms with E-state index >= 15 is 0 Å². The van der Waals surface area contributed by atoms with E-state index in [-0.39, 0.29) is 30.2 Å². The van der Waals surface area contributed by atoms with Gasteiger partial charge in [0.25, 0.3) is 0 Å². The largest absolute Gasteiger partial charge is 0.469 e. The lowest BCUT2D eigenvalue weighted by Crippen LogP contribution is -2.22. The summed E-state index contributed by atoms with van der Waals surface area (Å²) >= 11 is 5.84. The number of benzene rings is 1. The quantitative estimate of drug-likeness (QED) is 0.842. The predicted molar refractivity (Wildman–Crippen MR) is 69.8 cm³/mol. The van der Waals surface area contributed by atoms with Gasteiger partial charge in [0.05, 0.1) is 13.0 Å². The van der Waals surface area contributed by atoms with Crippen molar-refractivity contribution in [2.75, 3.05) is 20.2 Å². The molecule has 17 heavy (non-hydrogen) atoms. The summed E-state index contributed by atoms with van der Waals surface area (Å²) in [4.78, 5) is 11.6. The molecule has 0 saturated carbocycles. The van der Waals surface area contributed by atoms with Crippen LogP contribution in [0.3, 0.4) is 0 Å². The van der Waals surface area contributed by atoms with Crippen LogP contribution in [0.2, 0.25) is 5.02 Å². The van der Waals surface area contributed by atoms with Gasteiger partial charge < -0.3 is 10.1 Å². The first-order valence-corrected chi connectivity index (χ1v) is 5.64. The summed E-state index contributed by atoms with van der Waals surface area (Å²) in [5, 5.41) is 3.93. The van der Waals surface area contributed by atoms with E-state index < -0.39 is 0 Å². The fraction of sp³-hybridized carbons (Fsp3) is 0.417. The Hall–Kier alpha value is -0.770. The first-order valence-electron chi connectivity index (χ1n) is 5.26. The van der Waals surface area contributed by atoms with Crippen molar-refractivity contribution in [2.45, 2.75) is 5.92 Å². The number of carbonyl (C=O) groups is 1. The van der Waals surface area contributed by atoms with Gasteiger partial charge in [-0.15, -0.1) is 12.4 Å². The van der Waals surface area contributed by atoms with Crippen LogP contribution in [0.15, 0.2) is 24.3 Å². The second-order valence-electron chi connectivity index (χ2n) is 3.95. The average molecular weight is 276 g/mol. The number of methoxy groups -OCH3 is 1. The molecule has 1 aromatic rings. The van der Waals surface area contributed by atoms with Crippen molar-refractivity contribution >= 4 is 30.0 Å². The minimum absolute atomic E-state index is 0. The van der Waals surface area contributed by atoms with Crippen molar-refractivity contribution in [1.82, 2.24) is 5.32 Å². The van der Waals surface area contributed by atoms with E-state index in [1.54, 1.807) is 0 Å². The molecule has 2 rings (SSSR count). The number of esters is 1. The second kappa shape index (κ2) is 6.24. The van der Waals surface area contributed by atoms with Crippen molar-refractivity contribution in [3.8, 4) is 0 Å². The molecule has 1 fully saturated rings. The highest BCUT2D eigenvalue weighted by Gasteiger charge is 2.34. The Labute approximate surface area is 112 Å². The molecule has 2 unspecified atom stereocenters. The Bertz CT molecular complexity index is 381. The number of rotatable bonds is 2. The average Bonchev–Trinajstić information content (AvgIpc) is 2.78. The third-order valence-corrected chi connectivity index (χ3v) is 3.27. The molecule has 0 amide bonds. The van der Waals surface area contributed by atoms with Gasteiger partial charge in [-0.3, -0.25) is 4.79 Å². The van der Waals surface area contributed by atoms with Crippen molar-refractivity contribution in [1.29, 1.82) is 0 Å². The zero-order valence-corrected chi connectivity index (χ0v) is 11.1. The Morgan fingerprint density at radius 2 is 2.00 bits per heavy atom. The summed E-state index contributed by atoms with van der Waals surface area (Å²) in [5.41, 5.74) is 1.13. The number of halogens is 2. The lowest BCUT2D eigenvalue weighted by Gasteiger charge is -2.16. The number of hydrogen-bond acceptors (Lipinski definition) is 3. The summed E-state index contributed by atoms with van der Waals surface area (Å²) in [6, 6.07) is 7.64. The maximum atomic E-state index is 11.6. The SMILES string of the molecule is COC(=O)C1CNCC1c1ccc(Cl)cc1.Cl. The summed E-state index contributed by atoms with van der Waals surface area (Å²) < 4.78 is 4.80. The van der Waals surface area contributed by atoms with E-state index in [4.69, 9.17) is 16.3 Å². The van der Waals surface area contributed by atoms with Gasteiger partial charge >= 0.3 is 5.97 Å². The van der Waals surface area contributed by atoms with Gasteiger partial charge in [0.1, 0.15) is 0 Å². The van der Waals surface area contributed by atoms with Crippen LogP contribution in [0.1, 0.15) is 11.5 Å². The predicted octanol–water partition coefficient (Wildman–Crippen LogP) is 2.24. The van der Waals surface area contributed by atoms with E-state index in [1.165, 1.54) is 7.11 Å². The van der Waals surface area contributed by atoms with Crippen LogP contribution in [0, 0.1) is 5.92 Å². The van der Waals surface area contributed by atoms with E-state index in [2.05, 4.69) is 5.32 Å². The third-order valence-electron chi connectivity index (χ3n) is 3.02. The Kier molecular flexibility index (Phi) is 5.25. The summed E-state index contributed by atoms with van der Waals surface area (Å²) in [5.74, 6) is -0.0548. The zero-order chi connectivity index (χ0) is 11.5. The number of ether oxygens (including phenoxy) is 1. The highest BCUT2D eigenvalue weighted by molar-refractivity contribution is 6.30. The molecular weight excluding hydrogens is 261 g/mol. The standard InChI is InChI=1S/C12H14ClNO2.ClH/c1-16-12(15)11-7-14-6-10(11)8-2-4-9(13)5-3-8;/h2-5,10-11,14H,6-7H2,1H3;1H. The zero-order valence-electron chi connectivity index (χ0n) is 9.48. The molecule has 5 heteroatoms. The van der Waals surface area contributed by atoms with Crippen molar-refractivity contribution in [3.63, 3.8) is 0 Å². The number of carbonyl (C=O) groups excluding carboxylic acids is 1. The van der Waals surface area contributed by atoms with Gasteiger partial charge in [-0.2, -0.15) is 0 Å². The minimum atomic E-state index is -0.148. The lowest BCUT2D eigenvalue weighted by atomic mass is 9.89. The Balaban J connectivity index is 0.00000144. The smallest absolute Gasteiger partial charge is 0.310 e. The third kappa shape index (κ3) is 3.12. The van der Waals surface area contributed by atoms with Gasteiger partial charge in [-0.25, -0.2) is 0 Å². The fourth-order valence-electron chi connectivity index (χ4n) is 2.14. The van der Waals surface area contributed by atoms with E-state index in [9.17, 15) is 4.79 Å². The molecule has 1 aliphatic heterocycles. The van der Waals surface area contributed by atoms with E-state index in [0.29, 0.717) is 11.6 Å². The van der Waals surface area contributed by atoms with Crippen LogP contribution in [0.4, 0.5) is 0 Å². The van der Waals surface area contributed by atoms with Crippen LogP contribution >= 0.6 is 24.0 Å². The molecule has 1 heterocycles. The monoisotopic (exact) mass is 275 g/mol. The molecule has 1 N–H and O–H groups in total. The molecule has 0 bridgehead atoms. The highest BCUT2D eigenvalue weighted by Crippen LogP contribution is 2.29. The van der Waals surface area contributed by atoms with Gasteiger partial charge in [-0.05, 0) is 17.7 Å². The molecule has 2 atom stereocenters.